The fraction of sp³-hybridized carbons (Fsp3) is 0.462. The van der Waals surface area contributed by atoms with Crippen LogP contribution in [0.3, 0.4) is 0 Å². The summed E-state index contributed by atoms with van der Waals surface area (Å²) in [5.74, 6) is -1.12. The van der Waals surface area contributed by atoms with Gasteiger partial charge in [0, 0.05) is 24.0 Å². The topological polar surface area (TPSA) is 63.4 Å². The molecule has 0 aromatic heterocycles. The summed E-state index contributed by atoms with van der Waals surface area (Å²) in [6.07, 6.45) is 2.83. The lowest BCUT2D eigenvalue weighted by Crippen LogP contribution is -2.45. The molecule has 1 fully saturated rings. The molecular weight excluding hydrogens is 331 g/mol. The van der Waals surface area contributed by atoms with Gasteiger partial charge in [0.1, 0.15) is 11.4 Å². The Bertz CT molecular complexity index is 534. The number of carbonyl (C=O) groups excluding carboxylic acids is 1. The van der Waals surface area contributed by atoms with Gasteiger partial charge in [-0.15, -0.1) is 0 Å². The first-order chi connectivity index (χ1) is 9.54. The summed E-state index contributed by atoms with van der Waals surface area (Å²) < 4.78 is 13.3. The van der Waals surface area contributed by atoms with Gasteiger partial charge in [0.15, 0.2) is 0 Å². The maximum Gasteiger partial charge on any atom is 0.282 e. The number of hydrogen-bond donors (Lipinski definition) is 0. The van der Waals surface area contributed by atoms with E-state index < -0.39 is 16.6 Å². The number of nitro benzene ring substituents is 1. The van der Waals surface area contributed by atoms with Crippen LogP contribution in [0, 0.1) is 15.9 Å². The second-order valence-electron chi connectivity index (χ2n) is 4.69. The number of alkyl halides is 1. The minimum Gasteiger partial charge on any atom is -0.335 e. The number of hydrogen-bond acceptors (Lipinski definition) is 3. The SMILES string of the molecule is O=C(c1cc(F)ccc1[N+](=O)[O-])N(CCBr)C1CCC1. The van der Waals surface area contributed by atoms with Gasteiger partial charge in [-0.2, -0.15) is 0 Å². The molecule has 0 atom stereocenters. The van der Waals surface area contributed by atoms with Crippen LogP contribution in [-0.2, 0) is 0 Å². The molecule has 7 heteroatoms. The number of amides is 1. The summed E-state index contributed by atoms with van der Waals surface area (Å²) in [7, 11) is 0. The van der Waals surface area contributed by atoms with Crippen molar-refractivity contribution in [2.24, 2.45) is 0 Å². The number of benzene rings is 1. The summed E-state index contributed by atoms with van der Waals surface area (Å²) in [6, 6.07) is 3.08. The van der Waals surface area contributed by atoms with E-state index >= 15 is 0 Å². The van der Waals surface area contributed by atoms with Gasteiger partial charge >= 0.3 is 0 Å². The first kappa shape index (κ1) is 14.9. The first-order valence-electron chi connectivity index (χ1n) is 6.35. The summed E-state index contributed by atoms with van der Waals surface area (Å²) in [5.41, 5.74) is -0.529. The van der Waals surface area contributed by atoms with Gasteiger partial charge in [-0.3, -0.25) is 14.9 Å². The fourth-order valence-corrected chi connectivity index (χ4v) is 2.61. The highest BCUT2D eigenvalue weighted by molar-refractivity contribution is 9.09. The molecule has 108 valence electrons. The second-order valence-corrected chi connectivity index (χ2v) is 5.48. The number of rotatable bonds is 5. The predicted octanol–water partition coefficient (Wildman–Crippen LogP) is 3.12. The number of nitrogens with zero attached hydrogens (tertiary/aromatic N) is 2. The molecule has 1 aromatic carbocycles. The monoisotopic (exact) mass is 344 g/mol. The van der Waals surface area contributed by atoms with E-state index in [2.05, 4.69) is 15.9 Å². The highest BCUT2D eigenvalue weighted by Gasteiger charge is 2.32. The van der Waals surface area contributed by atoms with Crippen LogP contribution in [0.4, 0.5) is 10.1 Å². The molecule has 2 rings (SSSR count). The van der Waals surface area contributed by atoms with Crippen molar-refractivity contribution in [1.82, 2.24) is 4.90 Å². The Labute approximate surface area is 124 Å². The summed E-state index contributed by atoms with van der Waals surface area (Å²) in [4.78, 5) is 24.4. The normalized spacial score (nSPS) is 14.7. The molecule has 0 radical (unpaired) electrons. The van der Waals surface area contributed by atoms with E-state index in [1.165, 1.54) is 0 Å². The smallest absolute Gasteiger partial charge is 0.282 e. The molecule has 1 amide bonds. The van der Waals surface area contributed by atoms with Gasteiger partial charge in [-0.05, 0) is 31.4 Å². The average Bonchev–Trinajstić information content (AvgIpc) is 2.34. The zero-order chi connectivity index (χ0) is 14.7. The van der Waals surface area contributed by atoms with Crippen molar-refractivity contribution in [2.45, 2.75) is 25.3 Å². The van der Waals surface area contributed by atoms with Crippen molar-refractivity contribution >= 4 is 27.5 Å². The van der Waals surface area contributed by atoms with E-state index in [0.29, 0.717) is 11.9 Å². The Kier molecular flexibility index (Phi) is 4.69. The molecule has 20 heavy (non-hydrogen) atoms. The summed E-state index contributed by atoms with van der Waals surface area (Å²) >= 11 is 3.27. The Hall–Kier alpha value is -1.50. The zero-order valence-corrected chi connectivity index (χ0v) is 12.3. The van der Waals surface area contributed by atoms with Crippen LogP contribution in [0.5, 0.6) is 0 Å². The second kappa shape index (κ2) is 6.30. The average molecular weight is 345 g/mol. The van der Waals surface area contributed by atoms with Crippen LogP contribution in [0.1, 0.15) is 29.6 Å². The van der Waals surface area contributed by atoms with Gasteiger partial charge in [-0.25, -0.2) is 4.39 Å². The van der Waals surface area contributed by atoms with Gasteiger partial charge in [0.25, 0.3) is 11.6 Å². The highest BCUT2D eigenvalue weighted by Crippen LogP contribution is 2.29. The van der Waals surface area contributed by atoms with E-state index in [1.54, 1.807) is 4.90 Å². The molecule has 0 heterocycles. The van der Waals surface area contributed by atoms with Gasteiger partial charge in [0.05, 0.1) is 4.92 Å². The summed E-state index contributed by atoms with van der Waals surface area (Å²) in [6.45, 7) is 0.456. The lowest BCUT2D eigenvalue weighted by Gasteiger charge is -2.37. The van der Waals surface area contributed by atoms with Crippen LogP contribution in [0.15, 0.2) is 18.2 Å². The molecule has 0 aliphatic heterocycles. The fourth-order valence-electron chi connectivity index (χ4n) is 2.23. The highest BCUT2D eigenvalue weighted by atomic mass is 79.9. The van der Waals surface area contributed by atoms with Gasteiger partial charge in [0.2, 0.25) is 0 Å². The number of halogens is 2. The molecule has 0 unspecified atom stereocenters. The lowest BCUT2D eigenvalue weighted by molar-refractivity contribution is -0.385. The number of carbonyl (C=O) groups is 1. The third kappa shape index (κ3) is 2.98. The van der Waals surface area contributed by atoms with Gasteiger partial charge in [-0.1, -0.05) is 15.9 Å². The molecule has 0 N–H and O–H groups in total. The van der Waals surface area contributed by atoms with Crippen molar-refractivity contribution in [1.29, 1.82) is 0 Å². The third-order valence-electron chi connectivity index (χ3n) is 3.49. The number of nitro groups is 1. The maximum atomic E-state index is 13.3. The Morgan fingerprint density at radius 3 is 2.70 bits per heavy atom. The molecule has 5 nitrogen and oxygen atoms in total. The van der Waals surface area contributed by atoms with Crippen molar-refractivity contribution in [2.75, 3.05) is 11.9 Å². The molecule has 1 aliphatic carbocycles. The summed E-state index contributed by atoms with van der Waals surface area (Å²) in [5, 5.41) is 11.6. The van der Waals surface area contributed by atoms with Crippen molar-refractivity contribution in [3.05, 3.63) is 39.7 Å². The molecule has 1 aliphatic rings. The van der Waals surface area contributed by atoms with E-state index in [1.807, 2.05) is 0 Å². The molecule has 1 aromatic rings. The standard InChI is InChI=1S/C13H14BrFN2O3/c14-6-7-16(10-2-1-3-10)13(18)11-8-9(15)4-5-12(11)17(19)20/h4-5,8,10H,1-3,6-7H2. The zero-order valence-electron chi connectivity index (χ0n) is 10.7. The maximum absolute atomic E-state index is 13.3. The van der Waals surface area contributed by atoms with Crippen molar-refractivity contribution in [3.8, 4) is 0 Å². The predicted molar refractivity (Wildman–Crippen MR) is 75.5 cm³/mol. The largest absolute Gasteiger partial charge is 0.335 e. The molecule has 0 saturated heterocycles. The molecule has 0 spiro atoms. The van der Waals surface area contributed by atoms with Crippen LogP contribution < -0.4 is 0 Å². The van der Waals surface area contributed by atoms with Crippen molar-refractivity contribution in [3.63, 3.8) is 0 Å². The first-order valence-corrected chi connectivity index (χ1v) is 7.47. The Balaban J connectivity index is 2.34. The van der Waals surface area contributed by atoms with Crippen LogP contribution >= 0.6 is 15.9 Å². The molecular formula is C13H14BrFN2O3. The Morgan fingerprint density at radius 1 is 1.50 bits per heavy atom. The van der Waals surface area contributed by atoms with E-state index in [9.17, 15) is 19.3 Å². The molecule has 1 saturated carbocycles. The van der Waals surface area contributed by atoms with E-state index in [-0.39, 0.29) is 17.3 Å². The van der Waals surface area contributed by atoms with Crippen LogP contribution in [0.25, 0.3) is 0 Å². The van der Waals surface area contributed by atoms with E-state index in [4.69, 9.17) is 0 Å². The van der Waals surface area contributed by atoms with E-state index in [0.717, 1.165) is 37.5 Å². The Morgan fingerprint density at radius 2 is 2.20 bits per heavy atom. The third-order valence-corrected chi connectivity index (χ3v) is 3.84. The minimum absolute atomic E-state index is 0.0999. The molecule has 0 bridgehead atoms. The van der Waals surface area contributed by atoms with Crippen LogP contribution in [-0.4, -0.2) is 33.6 Å². The van der Waals surface area contributed by atoms with Gasteiger partial charge < -0.3 is 4.90 Å². The van der Waals surface area contributed by atoms with Crippen molar-refractivity contribution < 1.29 is 14.1 Å². The lowest BCUT2D eigenvalue weighted by atomic mass is 9.91. The van der Waals surface area contributed by atoms with Crippen LogP contribution in [0.2, 0.25) is 0 Å². The minimum atomic E-state index is -0.653. The quantitative estimate of drug-likeness (QED) is 0.468.